The zero-order chi connectivity index (χ0) is 10.4. The number of hydrogen-bond acceptors (Lipinski definition) is 3. The Balaban J connectivity index is 2.46. The van der Waals surface area contributed by atoms with Crippen LogP contribution in [0.1, 0.15) is 32.1 Å². The summed E-state index contributed by atoms with van der Waals surface area (Å²) < 4.78 is 10.2. The maximum atomic E-state index is 10.9. The van der Waals surface area contributed by atoms with Gasteiger partial charge in [-0.05, 0) is 0 Å². The number of carboxylic acid groups (broad SMARTS) is 1. The quantitative estimate of drug-likeness (QED) is 0.634. The van der Waals surface area contributed by atoms with E-state index in [9.17, 15) is 9.50 Å². The van der Waals surface area contributed by atoms with Crippen molar-refractivity contribution >= 4 is 13.1 Å². The first kappa shape index (κ1) is 11.4. The van der Waals surface area contributed by atoms with Crippen molar-refractivity contribution in [3.05, 3.63) is 0 Å². The molecule has 1 unspecified atom stereocenters. The molecule has 1 atom stereocenters. The van der Waals surface area contributed by atoms with Gasteiger partial charge >= 0.3 is 83.5 Å². The molecule has 4 nitrogen and oxygen atoms in total. The van der Waals surface area contributed by atoms with Crippen LogP contribution < -0.4 is 5.32 Å². The summed E-state index contributed by atoms with van der Waals surface area (Å²) in [7, 11) is 0.707. The molecule has 78 valence electrons. The van der Waals surface area contributed by atoms with Crippen LogP contribution in [-0.2, 0) is 9.50 Å². The average molecular weight is 197 g/mol. The van der Waals surface area contributed by atoms with Crippen LogP contribution in [-0.4, -0.2) is 30.7 Å². The summed E-state index contributed by atoms with van der Waals surface area (Å²) in [5.41, 5.74) is 0. The van der Waals surface area contributed by atoms with E-state index in [1.54, 1.807) is 0 Å². The van der Waals surface area contributed by atoms with Gasteiger partial charge < -0.3 is 0 Å². The third-order valence-corrected chi connectivity index (χ3v) is 2.81. The average Bonchev–Trinajstić information content (AvgIpc) is 2.19. The second-order valence-corrected chi connectivity index (χ2v) is 3.79. The van der Waals surface area contributed by atoms with Crippen molar-refractivity contribution in [3.8, 4) is 0 Å². The van der Waals surface area contributed by atoms with Gasteiger partial charge in [-0.15, -0.1) is 0 Å². The van der Waals surface area contributed by atoms with Crippen molar-refractivity contribution in [2.75, 3.05) is 6.44 Å². The van der Waals surface area contributed by atoms with Crippen molar-refractivity contribution in [2.24, 2.45) is 5.92 Å². The summed E-state index contributed by atoms with van der Waals surface area (Å²) in [6.07, 6.45) is 5.48. The van der Waals surface area contributed by atoms with E-state index in [-0.39, 0.29) is 12.4 Å². The first-order valence-corrected chi connectivity index (χ1v) is 5.15. The summed E-state index contributed by atoms with van der Waals surface area (Å²) in [5, 5.41) is 11.7. The van der Waals surface area contributed by atoms with Crippen molar-refractivity contribution in [1.29, 1.82) is 0 Å². The zero-order valence-corrected chi connectivity index (χ0v) is 8.24. The topological polar surface area (TPSA) is 66.4 Å². The van der Waals surface area contributed by atoms with Crippen molar-refractivity contribution in [2.45, 2.75) is 38.1 Å². The fraction of sp³-hybridized carbons (Fsp3) is 0.889. The standard InChI is InChI=1S/C9H16BNO3/c12-9(13)8(11-6-10-14)7-4-2-1-3-5-7/h7-8,11H,1-6H2,(H,12,13). The predicted octanol–water partition coefficient (Wildman–Crippen LogP) is 0.617. The predicted molar refractivity (Wildman–Crippen MR) is 52.4 cm³/mol. The molecule has 1 aliphatic rings. The van der Waals surface area contributed by atoms with Gasteiger partial charge in [0.2, 0.25) is 0 Å². The molecule has 0 bridgehead atoms. The fourth-order valence-electron chi connectivity index (χ4n) is 2.10. The normalized spacial score (nSPS) is 20.0. The molecule has 0 amide bonds. The van der Waals surface area contributed by atoms with E-state index >= 15 is 0 Å². The first-order chi connectivity index (χ1) is 6.75. The molecule has 0 aromatic rings. The second kappa shape index (κ2) is 5.91. The van der Waals surface area contributed by atoms with Crippen LogP contribution in [0.15, 0.2) is 0 Å². The van der Waals surface area contributed by atoms with Crippen LogP contribution in [0.4, 0.5) is 0 Å². The molecule has 0 saturated heterocycles. The number of nitrogens with one attached hydrogen (secondary N) is 1. The van der Waals surface area contributed by atoms with Gasteiger partial charge in [-0.3, -0.25) is 0 Å². The van der Waals surface area contributed by atoms with E-state index in [1.807, 2.05) is 0 Å². The molecule has 14 heavy (non-hydrogen) atoms. The number of hydrogen-bond donors (Lipinski definition) is 2. The van der Waals surface area contributed by atoms with Crippen molar-refractivity contribution in [3.63, 3.8) is 0 Å². The SMILES string of the molecule is O=BCNC(C(=O)O)C1CCCCC1. The molecule has 0 radical (unpaired) electrons. The van der Waals surface area contributed by atoms with E-state index in [4.69, 9.17) is 5.11 Å². The molecule has 0 spiro atoms. The Hall–Kier alpha value is -0.705. The first-order valence-electron chi connectivity index (χ1n) is 5.15. The van der Waals surface area contributed by atoms with Gasteiger partial charge in [0, 0.05) is 0 Å². The van der Waals surface area contributed by atoms with E-state index in [2.05, 4.69) is 5.32 Å². The molecule has 1 rings (SSSR count). The van der Waals surface area contributed by atoms with Crippen LogP contribution in [0, 0.1) is 5.92 Å². The molecule has 1 saturated carbocycles. The van der Waals surface area contributed by atoms with E-state index in [1.165, 1.54) is 6.42 Å². The van der Waals surface area contributed by atoms with Gasteiger partial charge in [-0.2, -0.15) is 0 Å². The number of aliphatic carboxylic acids is 1. The summed E-state index contributed by atoms with van der Waals surface area (Å²) in [5.74, 6) is -0.639. The molecule has 5 heteroatoms. The summed E-state index contributed by atoms with van der Waals surface area (Å²) in [4.78, 5) is 10.9. The van der Waals surface area contributed by atoms with Gasteiger partial charge in [0.15, 0.2) is 0 Å². The zero-order valence-electron chi connectivity index (χ0n) is 8.24. The third-order valence-electron chi connectivity index (χ3n) is 2.81. The Morgan fingerprint density at radius 3 is 2.57 bits per heavy atom. The van der Waals surface area contributed by atoms with Gasteiger partial charge in [-0.25, -0.2) is 0 Å². The van der Waals surface area contributed by atoms with E-state index in [0.717, 1.165) is 25.7 Å². The van der Waals surface area contributed by atoms with E-state index < -0.39 is 12.0 Å². The summed E-state index contributed by atoms with van der Waals surface area (Å²) in [6.45, 7) is 0. The Morgan fingerprint density at radius 2 is 2.07 bits per heavy atom. The Morgan fingerprint density at radius 1 is 1.43 bits per heavy atom. The van der Waals surface area contributed by atoms with Gasteiger partial charge in [0.1, 0.15) is 0 Å². The third kappa shape index (κ3) is 3.22. The molecule has 0 heterocycles. The molecule has 1 aliphatic carbocycles. The molecule has 0 aliphatic heterocycles. The van der Waals surface area contributed by atoms with E-state index in [0.29, 0.717) is 7.15 Å². The van der Waals surface area contributed by atoms with Crippen LogP contribution >= 0.6 is 0 Å². The van der Waals surface area contributed by atoms with Gasteiger partial charge in [-0.1, -0.05) is 0 Å². The maximum absolute atomic E-state index is 10.9. The molecule has 1 fully saturated rings. The molecule has 0 aromatic heterocycles. The molecule has 0 aromatic carbocycles. The summed E-state index contributed by atoms with van der Waals surface area (Å²) in [6, 6.07) is -0.541. The van der Waals surface area contributed by atoms with Crippen LogP contribution in [0.5, 0.6) is 0 Å². The Bertz CT molecular complexity index is 204. The second-order valence-electron chi connectivity index (χ2n) is 3.79. The minimum absolute atomic E-state index is 0.132. The number of carbonyl (C=O) groups is 1. The van der Waals surface area contributed by atoms with Crippen molar-refractivity contribution in [1.82, 2.24) is 5.32 Å². The van der Waals surface area contributed by atoms with Gasteiger partial charge in [0.25, 0.3) is 0 Å². The monoisotopic (exact) mass is 197 g/mol. The van der Waals surface area contributed by atoms with Crippen LogP contribution in [0.2, 0.25) is 0 Å². The number of carboxylic acids is 1. The Labute approximate surface area is 84.3 Å². The fourth-order valence-corrected chi connectivity index (χ4v) is 2.10. The van der Waals surface area contributed by atoms with Crippen molar-refractivity contribution < 1.29 is 14.6 Å². The molecule has 2 N–H and O–H groups in total. The minimum atomic E-state index is -0.834. The Kier molecular flexibility index (Phi) is 4.80. The molecular weight excluding hydrogens is 181 g/mol. The summed E-state index contributed by atoms with van der Waals surface area (Å²) >= 11 is 0. The van der Waals surface area contributed by atoms with Crippen LogP contribution in [0.3, 0.4) is 0 Å². The molecular formula is C9H16BNO3. The number of rotatable bonds is 5. The van der Waals surface area contributed by atoms with Gasteiger partial charge in [0.05, 0.1) is 0 Å². The van der Waals surface area contributed by atoms with Crippen LogP contribution in [0.25, 0.3) is 0 Å².